The second-order valence-electron chi connectivity index (χ2n) is 4.25. The summed E-state index contributed by atoms with van der Waals surface area (Å²) in [4.78, 5) is 12.1. The molecule has 17 heavy (non-hydrogen) atoms. The quantitative estimate of drug-likeness (QED) is 0.880. The van der Waals surface area contributed by atoms with Crippen molar-refractivity contribution in [2.75, 3.05) is 11.9 Å². The van der Waals surface area contributed by atoms with Gasteiger partial charge in [-0.3, -0.25) is 4.79 Å². The minimum atomic E-state index is 0.0286. The summed E-state index contributed by atoms with van der Waals surface area (Å²) < 4.78 is 0.842. The summed E-state index contributed by atoms with van der Waals surface area (Å²) >= 11 is 9.30. The lowest BCUT2D eigenvalue weighted by molar-refractivity contribution is -0.120. The number of nitrogens with one attached hydrogen (secondary N) is 2. The van der Waals surface area contributed by atoms with E-state index in [9.17, 15) is 4.79 Å². The number of anilines is 1. The van der Waals surface area contributed by atoms with Gasteiger partial charge in [-0.25, -0.2) is 0 Å². The normalized spacial score (nSPS) is 23.7. The fraction of sp³-hybridized carbons (Fsp3) is 0.417. The number of carbonyl (C=O) groups excluding carboxylic acids is 1. The summed E-state index contributed by atoms with van der Waals surface area (Å²) in [5.74, 6) is 0.0753. The molecule has 3 nitrogen and oxygen atoms in total. The van der Waals surface area contributed by atoms with Gasteiger partial charge >= 0.3 is 0 Å². The molecule has 0 bridgehead atoms. The Hall–Kier alpha value is -0.580. The second-order valence-corrected chi connectivity index (χ2v) is 5.54. The van der Waals surface area contributed by atoms with Crippen molar-refractivity contribution in [2.45, 2.75) is 19.4 Å². The van der Waals surface area contributed by atoms with Crippen LogP contribution in [0.4, 0.5) is 5.69 Å². The molecule has 1 heterocycles. The van der Waals surface area contributed by atoms with Crippen LogP contribution in [0.1, 0.15) is 13.3 Å². The number of rotatable bonds is 2. The molecule has 1 amide bonds. The minimum Gasteiger partial charge on any atom is -0.325 e. The second kappa shape index (κ2) is 5.38. The van der Waals surface area contributed by atoms with Gasteiger partial charge in [0.2, 0.25) is 5.91 Å². The van der Waals surface area contributed by atoms with Crippen LogP contribution in [0.15, 0.2) is 22.7 Å². The van der Waals surface area contributed by atoms with Gasteiger partial charge in [-0.2, -0.15) is 0 Å². The highest BCUT2D eigenvalue weighted by Crippen LogP contribution is 2.27. The lowest BCUT2D eigenvalue weighted by atomic mass is 10.0. The molecule has 1 aliphatic heterocycles. The van der Waals surface area contributed by atoms with Gasteiger partial charge in [0, 0.05) is 15.5 Å². The Morgan fingerprint density at radius 1 is 1.59 bits per heavy atom. The third-order valence-electron chi connectivity index (χ3n) is 3.05. The summed E-state index contributed by atoms with van der Waals surface area (Å²) in [6, 6.07) is 5.58. The summed E-state index contributed by atoms with van der Waals surface area (Å²) in [6.45, 7) is 2.93. The molecule has 0 spiro atoms. The maximum atomic E-state index is 12.1. The molecule has 0 saturated carbocycles. The molecule has 1 aromatic rings. The zero-order valence-electron chi connectivity index (χ0n) is 9.47. The Balaban J connectivity index is 2.10. The van der Waals surface area contributed by atoms with Gasteiger partial charge in [0.05, 0.1) is 11.6 Å². The highest BCUT2D eigenvalue weighted by atomic mass is 79.9. The van der Waals surface area contributed by atoms with Gasteiger partial charge in [0.15, 0.2) is 0 Å². The summed E-state index contributed by atoms with van der Waals surface area (Å²) in [7, 11) is 0. The molecule has 2 unspecified atom stereocenters. The monoisotopic (exact) mass is 316 g/mol. The van der Waals surface area contributed by atoms with Crippen LogP contribution in [0, 0.1) is 5.92 Å². The van der Waals surface area contributed by atoms with E-state index in [4.69, 9.17) is 11.6 Å². The molecular formula is C12H14BrClN2O. The summed E-state index contributed by atoms with van der Waals surface area (Å²) in [6.07, 6.45) is 0.880. The number of hydrogen-bond donors (Lipinski definition) is 2. The van der Waals surface area contributed by atoms with E-state index in [-0.39, 0.29) is 17.9 Å². The van der Waals surface area contributed by atoms with Crippen LogP contribution in [-0.2, 0) is 4.79 Å². The van der Waals surface area contributed by atoms with Crippen molar-refractivity contribution in [2.24, 2.45) is 5.92 Å². The fourth-order valence-electron chi connectivity index (χ4n) is 2.04. The predicted octanol–water partition coefficient (Wildman–Crippen LogP) is 3.04. The van der Waals surface area contributed by atoms with Gasteiger partial charge in [-0.1, -0.05) is 11.6 Å². The Labute approximate surface area is 114 Å². The first-order valence-corrected chi connectivity index (χ1v) is 6.74. The lowest BCUT2D eigenvalue weighted by Crippen LogP contribution is -2.32. The number of benzene rings is 1. The number of halogens is 2. The molecule has 2 atom stereocenters. The van der Waals surface area contributed by atoms with Crippen molar-refractivity contribution in [1.82, 2.24) is 5.32 Å². The summed E-state index contributed by atoms with van der Waals surface area (Å²) in [5, 5.41) is 6.79. The van der Waals surface area contributed by atoms with Crippen LogP contribution in [-0.4, -0.2) is 18.5 Å². The zero-order valence-corrected chi connectivity index (χ0v) is 11.8. The SMILES string of the molecule is CC1NCCC1C(=O)Nc1cc(Cl)ccc1Br. The highest BCUT2D eigenvalue weighted by molar-refractivity contribution is 9.10. The average molecular weight is 318 g/mol. The molecule has 92 valence electrons. The molecule has 2 N–H and O–H groups in total. The molecule has 1 aromatic carbocycles. The van der Waals surface area contributed by atoms with Crippen LogP contribution in [0.5, 0.6) is 0 Å². The van der Waals surface area contributed by atoms with Gasteiger partial charge in [-0.15, -0.1) is 0 Å². The third kappa shape index (κ3) is 3.00. The number of hydrogen-bond acceptors (Lipinski definition) is 2. The first kappa shape index (κ1) is 12.9. The van der Waals surface area contributed by atoms with Crippen molar-refractivity contribution < 1.29 is 4.79 Å². The van der Waals surface area contributed by atoms with Crippen molar-refractivity contribution in [3.05, 3.63) is 27.7 Å². The fourth-order valence-corrected chi connectivity index (χ4v) is 2.55. The highest BCUT2D eigenvalue weighted by Gasteiger charge is 2.29. The molecule has 2 rings (SSSR count). The van der Waals surface area contributed by atoms with Gasteiger partial charge in [0.25, 0.3) is 0 Å². The van der Waals surface area contributed by atoms with Crippen LogP contribution >= 0.6 is 27.5 Å². The zero-order chi connectivity index (χ0) is 12.4. The average Bonchev–Trinajstić information content (AvgIpc) is 2.70. The van der Waals surface area contributed by atoms with E-state index < -0.39 is 0 Å². The first-order valence-electron chi connectivity index (χ1n) is 5.57. The van der Waals surface area contributed by atoms with E-state index in [1.54, 1.807) is 12.1 Å². The molecule has 0 radical (unpaired) electrons. The predicted molar refractivity (Wildman–Crippen MR) is 73.4 cm³/mol. The topological polar surface area (TPSA) is 41.1 Å². The minimum absolute atomic E-state index is 0.0286. The maximum Gasteiger partial charge on any atom is 0.229 e. The molecule has 0 aliphatic carbocycles. The Bertz CT molecular complexity index is 439. The molecule has 0 aromatic heterocycles. The Morgan fingerprint density at radius 3 is 3.00 bits per heavy atom. The molecule has 1 saturated heterocycles. The molecular weight excluding hydrogens is 304 g/mol. The van der Waals surface area contributed by atoms with E-state index in [1.165, 1.54) is 0 Å². The smallest absolute Gasteiger partial charge is 0.229 e. The Kier molecular flexibility index (Phi) is 4.07. The largest absolute Gasteiger partial charge is 0.325 e. The van der Waals surface area contributed by atoms with Crippen LogP contribution in [0.2, 0.25) is 5.02 Å². The van der Waals surface area contributed by atoms with E-state index in [1.807, 2.05) is 13.0 Å². The van der Waals surface area contributed by atoms with Gasteiger partial charge in [0.1, 0.15) is 0 Å². The number of carbonyl (C=O) groups is 1. The van der Waals surface area contributed by atoms with Crippen molar-refractivity contribution >= 4 is 39.1 Å². The standard InChI is InChI=1S/C12H14BrClN2O/c1-7-9(4-5-15-7)12(17)16-11-6-8(14)2-3-10(11)13/h2-3,6-7,9,15H,4-5H2,1H3,(H,16,17). The maximum absolute atomic E-state index is 12.1. The van der Waals surface area contributed by atoms with E-state index in [0.717, 1.165) is 23.1 Å². The van der Waals surface area contributed by atoms with Crippen molar-refractivity contribution in [3.8, 4) is 0 Å². The Morgan fingerprint density at radius 2 is 2.35 bits per heavy atom. The van der Waals surface area contributed by atoms with Crippen LogP contribution in [0.3, 0.4) is 0 Å². The lowest BCUT2D eigenvalue weighted by Gasteiger charge is -2.15. The van der Waals surface area contributed by atoms with Crippen molar-refractivity contribution in [3.63, 3.8) is 0 Å². The van der Waals surface area contributed by atoms with E-state index >= 15 is 0 Å². The van der Waals surface area contributed by atoms with E-state index in [2.05, 4.69) is 26.6 Å². The summed E-state index contributed by atoms with van der Waals surface area (Å²) in [5.41, 5.74) is 0.724. The van der Waals surface area contributed by atoms with Gasteiger partial charge in [-0.05, 0) is 54.0 Å². The first-order chi connectivity index (χ1) is 8.08. The van der Waals surface area contributed by atoms with Gasteiger partial charge < -0.3 is 10.6 Å². The third-order valence-corrected chi connectivity index (χ3v) is 3.97. The molecule has 1 fully saturated rings. The molecule has 5 heteroatoms. The van der Waals surface area contributed by atoms with Crippen molar-refractivity contribution in [1.29, 1.82) is 0 Å². The van der Waals surface area contributed by atoms with E-state index in [0.29, 0.717) is 5.02 Å². The molecule has 1 aliphatic rings. The van der Waals surface area contributed by atoms with Crippen LogP contribution < -0.4 is 10.6 Å². The van der Waals surface area contributed by atoms with Crippen LogP contribution in [0.25, 0.3) is 0 Å². The number of amides is 1.